The van der Waals surface area contributed by atoms with Gasteiger partial charge in [0.2, 0.25) is 0 Å². The number of hydrogen-bond acceptors (Lipinski definition) is 4. The number of methoxy groups -OCH3 is 2. The largest absolute Gasteiger partial charge is 0.497 e. The summed E-state index contributed by atoms with van der Waals surface area (Å²) < 4.78 is 10.5. The molecule has 0 N–H and O–H groups in total. The minimum absolute atomic E-state index is 0.0819. The van der Waals surface area contributed by atoms with E-state index in [-0.39, 0.29) is 34.2 Å². The van der Waals surface area contributed by atoms with Crippen molar-refractivity contribution in [2.24, 2.45) is 10.8 Å². The van der Waals surface area contributed by atoms with Gasteiger partial charge < -0.3 is 9.47 Å². The van der Waals surface area contributed by atoms with Crippen LogP contribution in [0.15, 0.2) is 72.8 Å². The zero-order valence-corrected chi connectivity index (χ0v) is 25.7. The van der Waals surface area contributed by atoms with Crippen LogP contribution in [0.1, 0.15) is 78.4 Å². The van der Waals surface area contributed by atoms with E-state index in [1.165, 1.54) is 0 Å². The maximum atomic E-state index is 12.4. The highest BCUT2D eigenvalue weighted by Crippen LogP contribution is 2.31. The number of fused-ring (bicyclic) bond motifs is 2. The number of Topliss-reactive ketones (excluding diaryl/α,β-unsaturated/α-hetero) is 2. The Morgan fingerprint density at radius 1 is 0.525 bits per heavy atom. The van der Waals surface area contributed by atoms with E-state index in [9.17, 15) is 9.59 Å². The molecule has 0 aliphatic heterocycles. The lowest BCUT2D eigenvalue weighted by Crippen LogP contribution is -2.25. The number of rotatable bonds is 6. The summed E-state index contributed by atoms with van der Waals surface area (Å²) in [5.74, 6) is 2.08. The van der Waals surface area contributed by atoms with Gasteiger partial charge in [-0.3, -0.25) is 9.59 Å². The summed E-state index contributed by atoms with van der Waals surface area (Å²) >= 11 is 0. The molecule has 40 heavy (non-hydrogen) atoms. The molecule has 0 radical (unpaired) electrons. The number of hydrogen-bond donors (Lipinski definition) is 0. The van der Waals surface area contributed by atoms with Gasteiger partial charge in [0.15, 0.2) is 0 Å². The van der Waals surface area contributed by atoms with Crippen LogP contribution in [0.5, 0.6) is 11.5 Å². The molecule has 0 aliphatic carbocycles. The molecule has 4 nitrogen and oxygen atoms in total. The van der Waals surface area contributed by atoms with Crippen LogP contribution < -0.4 is 9.47 Å². The Balaban J connectivity index is 0.000000220. The number of benzene rings is 4. The van der Waals surface area contributed by atoms with Gasteiger partial charge in [-0.15, -0.1) is 0 Å². The predicted octanol–water partition coefficient (Wildman–Crippen LogP) is 9.13. The maximum absolute atomic E-state index is 12.4. The molecule has 0 spiro atoms. The monoisotopic (exact) mass is 540 g/mol. The molecule has 4 aromatic rings. The van der Waals surface area contributed by atoms with E-state index in [4.69, 9.17) is 9.47 Å². The zero-order valence-electron chi connectivity index (χ0n) is 25.7. The molecular formula is C36H44O4. The highest BCUT2D eigenvalue weighted by molar-refractivity contribution is 5.93. The Hall–Kier alpha value is -3.66. The third-order valence-corrected chi connectivity index (χ3v) is 7.41. The Morgan fingerprint density at radius 3 is 1.12 bits per heavy atom. The molecule has 0 amide bonds. The fourth-order valence-corrected chi connectivity index (χ4v) is 4.88. The quantitative estimate of drug-likeness (QED) is 0.245. The van der Waals surface area contributed by atoms with E-state index < -0.39 is 0 Å². The molecule has 4 aromatic carbocycles. The van der Waals surface area contributed by atoms with Crippen molar-refractivity contribution >= 4 is 33.1 Å². The first-order chi connectivity index (χ1) is 18.6. The Bertz CT molecular complexity index is 1390. The van der Waals surface area contributed by atoms with Gasteiger partial charge in [0.05, 0.1) is 14.2 Å². The fourth-order valence-electron chi connectivity index (χ4n) is 4.88. The van der Waals surface area contributed by atoms with Crippen LogP contribution in [-0.2, 0) is 9.59 Å². The summed E-state index contributed by atoms with van der Waals surface area (Å²) in [6.45, 7) is 15.8. The first-order valence-corrected chi connectivity index (χ1v) is 13.9. The molecule has 0 aliphatic rings. The molecule has 2 atom stereocenters. The van der Waals surface area contributed by atoms with Gasteiger partial charge in [-0.25, -0.2) is 0 Å². The third-order valence-electron chi connectivity index (χ3n) is 7.41. The summed E-state index contributed by atoms with van der Waals surface area (Å²) in [4.78, 5) is 24.8. The lowest BCUT2D eigenvalue weighted by atomic mass is 9.80. The van der Waals surface area contributed by atoms with Crippen molar-refractivity contribution < 1.29 is 19.1 Å². The van der Waals surface area contributed by atoms with Crippen molar-refractivity contribution in [3.63, 3.8) is 0 Å². The van der Waals surface area contributed by atoms with Crippen LogP contribution in [-0.4, -0.2) is 25.8 Å². The fraction of sp³-hybridized carbons (Fsp3) is 0.389. The van der Waals surface area contributed by atoms with E-state index >= 15 is 0 Å². The number of carbonyl (C=O) groups is 2. The summed E-state index contributed by atoms with van der Waals surface area (Å²) in [5, 5.41) is 4.53. The van der Waals surface area contributed by atoms with Gasteiger partial charge in [-0.2, -0.15) is 0 Å². The lowest BCUT2D eigenvalue weighted by Gasteiger charge is -2.22. The van der Waals surface area contributed by atoms with E-state index in [1.54, 1.807) is 14.2 Å². The van der Waals surface area contributed by atoms with Crippen molar-refractivity contribution in [1.82, 2.24) is 0 Å². The number of ketones is 2. The normalized spacial score (nSPS) is 13.2. The SMILES string of the molecule is COc1ccc2cc(C(C)C(=O)C(C)(C)C)ccc2c1.COc1ccc2cc([C@H](C)C(=O)C(C)(C)C)ccc2c1. The second-order valence-electron chi connectivity index (χ2n) is 12.6. The molecule has 0 fully saturated rings. The van der Waals surface area contributed by atoms with Crippen LogP contribution >= 0.6 is 0 Å². The second kappa shape index (κ2) is 12.2. The average Bonchev–Trinajstić information content (AvgIpc) is 2.93. The van der Waals surface area contributed by atoms with Crippen molar-refractivity contribution in [3.05, 3.63) is 83.9 Å². The molecule has 4 rings (SSSR count). The maximum Gasteiger partial charge on any atom is 0.145 e. The molecule has 0 saturated carbocycles. The minimum Gasteiger partial charge on any atom is -0.497 e. The smallest absolute Gasteiger partial charge is 0.145 e. The van der Waals surface area contributed by atoms with Gasteiger partial charge in [-0.05, 0) is 56.9 Å². The van der Waals surface area contributed by atoms with Gasteiger partial charge in [0.25, 0.3) is 0 Å². The van der Waals surface area contributed by atoms with Crippen LogP contribution in [0.2, 0.25) is 0 Å². The Morgan fingerprint density at radius 2 is 0.825 bits per heavy atom. The predicted molar refractivity (Wildman–Crippen MR) is 167 cm³/mol. The Kier molecular flexibility index (Phi) is 9.45. The first kappa shape index (κ1) is 30.9. The number of carbonyl (C=O) groups excluding carboxylic acids is 2. The third kappa shape index (κ3) is 7.29. The van der Waals surface area contributed by atoms with E-state index in [0.29, 0.717) is 0 Å². The minimum atomic E-state index is -0.311. The molecule has 1 unspecified atom stereocenters. The highest BCUT2D eigenvalue weighted by Gasteiger charge is 2.28. The van der Waals surface area contributed by atoms with Crippen molar-refractivity contribution in [1.29, 1.82) is 0 Å². The topological polar surface area (TPSA) is 52.6 Å². The van der Waals surface area contributed by atoms with E-state index in [1.807, 2.05) is 104 Å². The number of ether oxygens (including phenoxy) is 2. The molecular weight excluding hydrogens is 496 g/mol. The molecule has 212 valence electrons. The van der Waals surface area contributed by atoms with Crippen LogP contribution in [0.3, 0.4) is 0 Å². The molecule has 0 heterocycles. The van der Waals surface area contributed by atoms with Crippen molar-refractivity contribution in [2.45, 2.75) is 67.2 Å². The molecule has 0 bridgehead atoms. The Labute approximate surface area is 239 Å². The second-order valence-corrected chi connectivity index (χ2v) is 12.6. The first-order valence-electron chi connectivity index (χ1n) is 13.9. The molecule has 0 saturated heterocycles. The molecule has 0 aromatic heterocycles. The van der Waals surface area contributed by atoms with Crippen molar-refractivity contribution in [2.75, 3.05) is 14.2 Å². The van der Waals surface area contributed by atoms with E-state index in [2.05, 4.69) is 24.3 Å². The summed E-state index contributed by atoms with van der Waals surface area (Å²) in [7, 11) is 3.33. The standard InChI is InChI=1S/2C18H22O2/c2*1-12(17(19)18(2,3)4)13-6-7-15-11-16(20-5)9-8-14(15)10-13/h2*6-12H,1-5H3/t12-;/m0./s1. The van der Waals surface area contributed by atoms with Crippen molar-refractivity contribution in [3.8, 4) is 11.5 Å². The highest BCUT2D eigenvalue weighted by atomic mass is 16.5. The summed E-state index contributed by atoms with van der Waals surface area (Å²) in [6, 6.07) is 24.4. The van der Waals surface area contributed by atoms with Crippen LogP contribution in [0.4, 0.5) is 0 Å². The average molecular weight is 541 g/mol. The summed E-state index contributed by atoms with van der Waals surface area (Å²) in [5.41, 5.74) is 1.52. The van der Waals surface area contributed by atoms with Crippen LogP contribution in [0.25, 0.3) is 21.5 Å². The van der Waals surface area contributed by atoms with Gasteiger partial charge in [-0.1, -0.05) is 104 Å². The van der Waals surface area contributed by atoms with Gasteiger partial charge in [0.1, 0.15) is 23.1 Å². The van der Waals surface area contributed by atoms with Gasteiger partial charge in [0, 0.05) is 22.7 Å². The summed E-state index contributed by atoms with van der Waals surface area (Å²) in [6.07, 6.45) is 0. The van der Waals surface area contributed by atoms with Gasteiger partial charge >= 0.3 is 0 Å². The van der Waals surface area contributed by atoms with Crippen LogP contribution in [0, 0.1) is 10.8 Å². The zero-order chi connectivity index (χ0) is 29.8. The lowest BCUT2D eigenvalue weighted by molar-refractivity contribution is -0.128. The molecule has 4 heteroatoms. The van der Waals surface area contributed by atoms with E-state index in [0.717, 1.165) is 44.2 Å².